The maximum absolute atomic E-state index is 5.63. The fourth-order valence-corrected chi connectivity index (χ4v) is 2.33. The fraction of sp³-hybridized carbons (Fsp3) is 0.462. The molecule has 0 aromatic heterocycles. The maximum atomic E-state index is 5.63. The Balaban J connectivity index is 2.23. The summed E-state index contributed by atoms with van der Waals surface area (Å²) < 4.78 is 5.55. The molecule has 0 aliphatic carbocycles. The summed E-state index contributed by atoms with van der Waals surface area (Å²) in [6, 6.07) is 6.14. The van der Waals surface area contributed by atoms with Crippen molar-refractivity contribution in [1.29, 1.82) is 0 Å². The molecule has 0 spiro atoms. The molecule has 1 aromatic rings. The lowest BCUT2D eigenvalue weighted by molar-refractivity contribution is 0.0532. The lowest BCUT2D eigenvalue weighted by Gasteiger charge is -2.34. The van der Waals surface area contributed by atoms with Crippen molar-refractivity contribution in [1.82, 2.24) is 0 Å². The minimum absolute atomic E-state index is 0.290. The smallest absolute Gasteiger partial charge is 0.103 e. The van der Waals surface area contributed by atoms with Gasteiger partial charge >= 0.3 is 0 Å². The highest BCUT2D eigenvalue weighted by atomic mass is 32.1. The molecule has 1 aromatic carbocycles. The SMILES string of the molecule is Cc1cc(C(N)=S)ccc1N1CCOC(C)C1. The molecule has 0 saturated carbocycles. The monoisotopic (exact) mass is 250 g/mol. The van der Waals surface area contributed by atoms with Crippen molar-refractivity contribution >= 4 is 22.9 Å². The highest BCUT2D eigenvalue weighted by Gasteiger charge is 2.18. The summed E-state index contributed by atoms with van der Waals surface area (Å²) in [6.45, 7) is 6.87. The molecule has 4 heteroatoms. The predicted molar refractivity (Wildman–Crippen MR) is 74.7 cm³/mol. The number of hydrogen-bond donors (Lipinski definition) is 1. The Labute approximate surface area is 108 Å². The molecule has 3 nitrogen and oxygen atoms in total. The second kappa shape index (κ2) is 5.02. The third-order valence-corrected chi connectivity index (χ3v) is 3.30. The Morgan fingerprint density at radius 2 is 2.29 bits per heavy atom. The zero-order valence-corrected chi connectivity index (χ0v) is 11.1. The zero-order valence-electron chi connectivity index (χ0n) is 10.3. The number of nitrogens with two attached hydrogens (primary N) is 1. The van der Waals surface area contributed by atoms with Crippen LogP contribution in [0.25, 0.3) is 0 Å². The van der Waals surface area contributed by atoms with Gasteiger partial charge < -0.3 is 15.4 Å². The zero-order chi connectivity index (χ0) is 12.4. The summed E-state index contributed by atoms with van der Waals surface area (Å²) in [5.41, 5.74) is 9.03. The molecule has 2 N–H and O–H groups in total. The van der Waals surface area contributed by atoms with Crippen molar-refractivity contribution in [2.45, 2.75) is 20.0 Å². The molecule has 0 radical (unpaired) electrons. The van der Waals surface area contributed by atoms with Crippen molar-refractivity contribution in [2.24, 2.45) is 5.73 Å². The van der Waals surface area contributed by atoms with Gasteiger partial charge in [-0.1, -0.05) is 12.2 Å². The third-order valence-electron chi connectivity index (χ3n) is 3.06. The maximum Gasteiger partial charge on any atom is 0.103 e. The Hall–Kier alpha value is -1.13. The number of aryl methyl sites for hydroxylation is 1. The number of hydrogen-bond acceptors (Lipinski definition) is 3. The van der Waals surface area contributed by atoms with Crippen LogP contribution in [-0.4, -0.2) is 30.8 Å². The third kappa shape index (κ3) is 2.76. The van der Waals surface area contributed by atoms with E-state index in [9.17, 15) is 0 Å². The average Bonchev–Trinajstić information content (AvgIpc) is 2.28. The van der Waals surface area contributed by atoms with Crippen LogP contribution >= 0.6 is 12.2 Å². The van der Waals surface area contributed by atoms with Gasteiger partial charge in [-0.2, -0.15) is 0 Å². The van der Waals surface area contributed by atoms with Gasteiger partial charge in [0, 0.05) is 24.3 Å². The normalized spacial score (nSPS) is 20.4. The first-order valence-electron chi connectivity index (χ1n) is 5.85. The van der Waals surface area contributed by atoms with Crippen LogP contribution in [0.1, 0.15) is 18.1 Å². The molecule has 1 aliphatic heterocycles. The van der Waals surface area contributed by atoms with Gasteiger partial charge in [-0.15, -0.1) is 0 Å². The first-order valence-corrected chi connectivity index (χ1v) is 6.26. The second-order valence-electron chi connectivity index (χ2n) is 4.49. The number of anilines is 1. The highest BCUT2D eigenvalue weighted by Crippen LogP contribution is 2.23. The van der Waals surface area contributed by atoms with Crippen LogP contribution in [0.3, 0.4) is 0 Å². The molecular formula is C13H18N2OS. The minimum atomic E-state index is 0.290. The van der Waals surface area contributed by atoms with Crippen LogP contribution in [0.4, 0.5) is 5.69 Å². The van der Waals surface area contributed by atoms with E-state index >= 15 is 0 Å². The Morgan fingerprint density at radius 3 is 2.88 bits per heavy atom. The lowest BCUT2D eigenvalue weighted by Crippen LogP contribution is -2.41. The first kappa shape index (κ1) is 12.3. The molecule has 1 aliphatic rings. The van der Waals surface area contributed by atoms with Crippen LogP contribution in [0.15, 0.2) is 18.2 Å². The number of morpholine rings is 1. The number of thiocarbonyl (C=S) groups is 1. The van der Waals surface area contributed by atoms with Gasteiger partial charge in [0.25, 0.3) is 0 Å². The number of ether oxygens (including phenoxy) is 1. The summed E-state index contributed by atoms with van der Waals surface area (Å²) in [7, 11) is 0. The molecule has 1 heterocycles. The van der Waals surface area contributed by atoms with Crippen LogP contribution in [0.5, 0.6) is 0 Å². The lowest BCUT2D eigenvalue weighted by atomic mass is 10.1. The number of nitrogens with zero attached hydrogens (tertiary/aromatic N) is 1. The van der Waals surface area contributed by atoms with E-state index in [1.807, 2.05) is 6.07 Å². The molecule has 17 heavy (non-hydrogen) atoms. The van der Waals surface area contributed by atoms with Crippen LogP contribution in [0.2, 0.25) is 0 Å². The van der Waals surface area contributed by atoms with E-state index < -0.39 is 0 Å². The largest absolute Gasteiger partial charge is 0.389 e. The Morgan fingerprint density at radius 1 is 1.53 bits per heavy atom. The van der Waals surface area contributed by atoms with E-state index in [0.717, 1.165) is 25.3 Å². The van der Waals surface area contributed by atoms with E-state index in [1.54, 1.807) is 0 Å². The first-order chi connectivity index (χ1) is 8.08. The Kier molecular flexibility index (Phi) is 3.64. The van der Waals surface area contributed by atoms with Crippen LogP contribution in [-0.2, 0) is 4.74 Å². The molecule has 2 rings (SSSR count). The fourth-order valence-electron chi connectivity index (χ4n) is 2.20. The van der Waals surface area contributed by atoms with E-state index in [-0.39, 0.29) is 0 Å². The van der Waals surface area contributed by atoms with E-state index in [4.69, 9.17) is 22.7 Å². The van der Waals surface area contributed by atoms with E-state index in [0.29, 0.717) is 11.1 Å². The summed E-state index contributed by atoms with van der Waals surface area (Å²) in [5.74, 6) is 0. The highest BCUT2D eigenvalue weighted by molar-refractivity contribution is 7.80. The van der Waals surface area contributed by atoms with Crippen molar-refractivity contribution in [3.05, 3.63) is 29.3 Å². The molecule has 1 fully saturated rings. The average molecular weight is 250 g/mol. The van der Waals surface area contributed by atoms with Gasteiger partial charge in [-0.05, 0) is 37.6 Å². The standard InChI is InChI=1S/C13H18N2OS/c1-9-7-11(13(14)17)3-4-12(9)15-5-6-16-10(2)8-15/h3-4,7,10H,5-6,8H2,1-2H3,(H2,14,17). The molecule has 1 atom stereocenters. The van der Waals surface area contributed by atoms with Gasteiger partial charge in [0.2, 0.25) is 0 Å². The summed E-state index contributed by atoms with van der Waals surface area (Å²) in [5, 5.41) is 0. The van der Waals surface area contributed by atoms with Gasteiger partial charge in [0.15, 0.2) is 0 Å². The molecule has 1 saturated heterocycles. The summed E-state index contributed by atoms with van der Waals surface area (Å²) in [6.07, 6.45) is 0.290. The van der Waals surface area contributed by atoms with Gasteiger partial charge in [-0.3, -0.25) is 0 Å². The van der Waals surface area contributed by atoms with Crippen molar-refractivity contribution in [2.75, 3.05) is 24.6 Å². The Bertz CT molecular complexity index is 433. The van der Waals surface area contributed by atoms with E-state index in [2.05, 4.69) is 30.9 Å². The van der Waals surface area contributed by atoms with Crippen molar-refractivity contribution in [3.8, 4) is 0 Å². The molecule has 0 bridgehead atoms. The topological polar surface area (TPSA) is 38.5 Å². The van der Waals surface area contributed by atoms with Crippen molar-refractivity contribution in [3.63, 3.8) is 0 Å². The van der Waals surface area contributed by atoms with Gasteiger partial charge in [0.05, 0.1) is 12.7 Å². The summed E-state index contributed by atoms with van der Waals surface area (Å²) in [4.78, 5) is 2.81. The number of benzene rings is 1. The van der Waals surface area contributed by atoms with Crippen LogP contribution in [0, 0.1) is 6.92 Å². The molecule has 1 unspecified atom stereocenters. The predicted octanol–water partition coefficient (Wildman–Crippen LogP) is 1.85. The molecule has 0 amide bonds. The van der Waals surface area contributed by atoms with Crippen LogP contribution < -0.4 is 10.6 Å². The van der Waals surface area contributed by atoms with Crippen molar-refractivity contribution < 1.29 is 4.74 Å². The number of rotatable bonds is 2. The van der Waals surface area contributed by atoms with Gasteiger partial charge in [0.1, 0.15) is 4.99 Å². The van der Waals surface area contributed by atoms with E-state index in [1.165, 1.54) is 11.3 Å². The summed E-state index contributed by atoms with van der Waals surface area (Å²) >= 11 is 4.98. The minimum Gasteiger partial charge on any atom is -0.389 e. The molecule has 92 valence electrons. The van der Waals surface area contributed by atoms with Gasteiger partial charge in [-0.25, -0.2) is 0 Å². The molecular weight excluding hydrogens is 232 g/mol. The quantitative estimate of drug-likeness (QED) is 0.813. The second-order valence-corrected chi connectivity index (χ2v) is 4.93.